The normalized spacial score (nSPS) is 20.8. The molecular weight excluding hydrogens is 426 g/mol. The Morgan fingerprint density at radius 2 is 1.91 bits per heavy atom. The first-order valence-corrected chi connectivity index (χ1v) is 11.4. The number of amidine groups is 1. The van der Waals surface area contributed by atoms with Gasteiger partial charge in [-0.05, 0) is 45.1 Å². The van der Waals surface area contributed by atoms with Crippen molar-refractivity contribution in [3.63, 3.8) is 0 Å². The first-order chi connectivity index (χ1) is 14.9. The molecule has 3 aliphatic rings. The van der Waals surface area contributed by atoms with Crippen LogP contribution in [0.15, 0.2) is 35.3 Å². The molecule has 5 rings (SSSR count). The van der Waals surface area contributed by atoms with Crippen molar-refractivity contribution < 1.29 is 9.90 Å². The Kier molecular flexibility index (Phi) is 6.32. The monoisotopic (exact) mass is 457 g/mol. The predicted octanol–water partition coefficient (Wildman–Crippen LogP) is 4.26. The molecular formula is C24H32ClN5O2. The zero-order chi connectivity index (χ0) is 21.6. The molecule has 1 atom stereocenters. The minimum absolute atomic E-state index is 0. The fraction of sp³-hybridized carbons (Fsp3) is 0.542. The number of aromatic nitrogens is 2. The molecule has 172 valence electrons. The van der Waals surface area contributed by atoms with Crippen LogP contribution >= 0.6 is 12.4 Å². The van der Waals surface area contributed by atoms with E-state index in [4.69, 9.17) is 9.98 Å². The summed E-state index contributed by atoms with van der Waals surface area (Å²) in [5.74, 6) is 2.79. The van der Waals surface area contributed by atoms with E-state index < -0.39 is 5.60 Å². The minimum Gasteiger partial charge on any atom is -0.390 e. The van der Waals surface area contributed by atoms with E-state index in [0.717, 1.165) is 36.6 Å². The molecule has 2 N–H and O–H groups in total. The number of carbonyl (C=O) groups excluding carboxylic acids is 1. The number of nitrogens with one attached hydrogen (secondary N) is 1. The second-order valence-corrected chi connectivity index (χ2v) is 9.71. The molecule has 1 aliphatic carbocycles. The maximum atomic E-state index is 13.5. The number of amides is 2. The highest BCUT2D eigenvalue weighted by Crippen LogP contribution is 2.37. The van der Waals surface area contributed by atoms with Crippen molar-refractivity contribution in [1.29, 1.82) is 0 Å². The van der Waals surface area contributed by atoms with Gasteiger partial charge < -0.3 is 10.1 Å². The van der Waals surface area contributed by atoms with Crippen molar-refractivity contribution in [3.8, 4) is 0 Å². The number of urea groups is 1. The number of anilines is 1. The van der Waals surface area contributed by atoms with E-state index in [2.05, 4.69) is 17.1 Å². The summed E-state index contributed by atoms with van der Waals surface area (Å²) in [4.78, 5) is 30.4. The van der Waals surface area contributed by atoms with E-state index in [1.807, 2.05) is 18.2 Å². The lowest BCUT2D eigenvalue weighted by Crippen LogP contribution is -2.51. The molecule has 1 aromatic carbocycles. The van der Waals surface area contributed by atoms with Crippen LogP contribution in [0, 0.1) is 0 Å². The van der Waals surface area contributed by atoms with Crippen LogP contribution in [0.25, 0.3) is 0 Å². The topological polar surface area (TPSA) is 84.8 Å². The first-order valence-electron chi connectivity index (χ1n) is 11.4. The first kappa shape index (κ1) is 22.8. The summed E-state index contributed by atoms with van der Waals surface area (Å²) in [6.45, 7) is 4.54. The molecule has 7 nitrogen and oxygen atoms in total. The molecule has 1 saturated carbocycles. The van der Waals surface area contributed by atoms with Crippen LogP contribution in [0.5, 0.6) is 0 Å². The highest BCUT2D eigenvalue weighted by molar-refractivity contribution is 6.18. The summed E-state index contributed by atoms with van der Waals surface area (Å²) >= 11 is 0. The number of imidazole rings is 1. The number of hydrogen-bond donors (Lipinski definition) is 2. The molecule has 2 aliphatic heterocycles. The Hall–Kier alpha value is -2.38. The molecule has 0 bridgehead atoms. The lowest BCUT2D eigenvalue weighted by molar-refractivity contribution is 0.0733. The average Bonchev–Trinajstić information content (AvgIpc) is 3.47. The van der Waals surface area contributed by atoms with Crippen molar-refractivity contribution in [2.75, 3.05) is 18.0 Å². The molecule has 2 aromatic rings. The van der Waals surface area contributed by atoms with Crippen LogP contribution in [-0.4, -0.2) is 56.6 Å². The number of hydrogen-bond acceptors (Lipinski definition) is 4. The number of aliphatic hydroxyl groups is 1. The quantitative estimate of drug-likeness (QED) is 0.679. The summed E-state index contributed by atoms with van der Waals surface area (Å²) in [7, 11) is 0. The predicted molar refractivity (Wildman–Crippen MR) is 128 cm³/mol. The lowest BCUT2D eigenvalue weighted by Gasteiger charge is -2.33. The van der Waals surface area contributed by atoms with Crippen LogP contribution in [-0.2, 0) is 6.42 Å². The summed E-state index contributed by atoms with van der Waals surface area (Å²) in [5, 5.41) is 10.3. The summed E-state index contributed by atoms with van der Waals surface area (Å²) in [5.41, 5.74) is 1.23. The Balaban J connectivity index is 0.00000245. The molecule has 1 fully saturated rings. The lowest BCUT2D eigenvalue weighted by atomic mass is 10.1. The Morgan fingerprint density at radius 3 is 2.59 bits per heavy atom. The number of aliphatic imine (C=N–C) groups is 1. The van der Waals surface area contributed by atoms with Gasteiger partial charge in [-0.25, -0.2) is 9.78 Å². The van der Waals surface area contributed by atoms with E-state index in [9.17, 15) is 9.90 Å². The van der Waals surface area contributed by atoms with Gasteiger partial charge in [0, 0.05) is 12.5 Å². The van der Waals surface area contributed by atoms with Crippen LogP contribution in [0.1, 0.15) is 69.0 Å². The third-order valence-electron chi connectivity index (χ3n) is 6.60. The summed E-state index contributed by atoms with van der Waals surface area (Å²) < 4.78 is 0. The van der Waals surface area contributed by atoms with Gasteiger partial charge in [0.05, 0.1) is 18.2 Å². The molecule has 2 amide bonds. The number of H-pyrrole nitrogens is 1. The fourth-order valence-corrected chi connectivity index (χ4v) is 4.89. The maximum Gasteiger partial charge on any atom is 0.331 e. The summed E-state index contributed by atoms with van der Waals surface area (Å²) in [6, 6.07) is 10.2. The molecule has 0 radical (unpaired) electrons. The van der Waals surface area contributed by atoms with E-state index in [0.29, 0.717) is 31.2 Å². The highest BCUT2D eigenvalue weighted by atomic mass is 35.5. The Labute approximate surface area is 195 Å². The number of nitrogens with zero attached hydrogens (tertiary/aromatic N) is 4. The molecule has 8 heteroatoms. The smallest absolute Gasteiger partial charge is 0.331 e. The number of benzene rings is 1. The van der Waals surface area contributed by atoms with Crippen LogP contribution < -0.4 is 4.90 Å². The second-order valence-electron chi connectivity index (χ2n) is 9.71. The van der Waals surface area contributed by atoms with Crippen molar-refractivity contribution in [2.45, 2.75) is 69.9 Å². The Morgan fingerprint density at radius 1 is 1.19 bits per heavy atom. The average molecular weight is 458 g/mol. The third-order valence-corrected chi connectivity index (χ3v) is 6.60. The van der Waals surface area contributed by atoms with Gasteiger partial charge in [0.25, 0.3) is 0 Å². The maximum absolute atomic E-state index is 13.5. The van der Waals surface area contributed by atoms with Gasteiger partial charge in [0.2, 0.25) is 0 Å². The van der Waals surface area contributed by atoms with Crippen LogP contribution in [0.2, 0.25) is 0 Å². The zero-order valence-corrected chi connectivity index (χ0v) is 19.6. The molecule has 0 saturated heterocycles. The Bertz CT molecular complexity index is 992. The van der Waals surface area contributed by atoms with Gasteiger partial charge in [-0.3, -0.25) is 14.8 Å². The largest absolute Gasteiger partial charge is 0.390 e. The zero-order valence-electron chi connectivity index (χ0n) is 18.8. The number of aromatic amines is 1. The van der Waals surface area contributed by atoms with Gasteiger partial charge in [0.1, 0.15) is 11.5 Å². The number of rotatable bonds is 6. The van der Waals surface area contributed by atoms with Gasteiger partial charge in [-0.15, -0.1) is 12.4 Å². The molecule has 3 heterocycles. The standard InChI is InChI=1S/C24H31N5O2.ClH/c1-24(2,31)12-13-28-22-19(26-20(27-22)17-10-6-7-11-17)21-25-18(15-29(21)23(28)30)14-16-8-4-3-5-9-16;/h3-5,8-9,17-18,31H,6-7,10-15H2,1-2H3,(H,26,27);1H/t18-;/m1./s1. The van der Waals surface area contributed by atoms with Crippen molar-refractivity contribution >= 4 is 30.1 Å². The van der Waals surface area contributed by atoms with Gasteiger partial charge in [0.15, 0.2) is 11.7 Å². The van der Waals surface area contributed by atoms with E-state index in [1.165, 1.54) is 18.4 Å². The fourth-order valence-electron chi connectivity index (χ4n) is 4.89. The highest BCUT2D eigenvalue weighted by Gasteiger charge is 2.43. The number of fused-ring (bicyclic) bond motifs is 3. The second kappa shape index (κ2) is 8.87. The molecule has 1 aromatic heterocycles. The van der Waals surface area contributed by atoms with Gasteiger partial charge in [-0.1, -0.05) is 43.2 Å². The van der Waals surface area contributed by atoms with E-state index in [1.54, 1.807) is 23.6 Å². The van der Waals surface area contributed by atoms with Crippen LogP contribution in [0.3, 0.4) is 0 Å². The van der Waals surface area contributed by atoms with Gasteiger partial charge in [-0.2, -0.15) is 0 Å². The number of halogens is 1. The third kappa shape index (κ3) is 4.41. The van der Waals surface area contributed by atoms with Crippen molar-refractivity contribution in [3.05, 3.63) is 47.4 Å². The SMILES string of the molecule is CC(C)(O)CCN1C(=O)N2C[C@@H](Cc3ccccc3)N=C2c2[nH]c(C3CCCC3)nc21.Cl. The van der Waals surface area contributed by atoms with Crippen molar-refractivity contribution in [1.82, 2.24) is 14.9 Å². The molecule has 0 spiro atoms. The van der Waals surface area contributed by atoms with E-state index in [-0.39, 0.29) is 24.5 Å². The van der Waals surface area contributed by atoms with Crippen molar-refractivity contribution in [2.24, 2.45) is 4.99 Å². The number of carbonyl (C=O) groups is 1. The summed E-state index contributed by atoms with van der Waals surface area (Å²) in [6.07, 6.45) is 6.01. The minimum atomic E-state index is -0.847. The molecule has 0 unspecified atom stereocenters. The van der Waals surface area contributed by atoms with E-state index >= 15 is 0 Å². The van der Waals surface area contributed by atoms with Crippen LogP contribution in [0.4, 0.5) is 10.6 Å². The molecule has 32 heavy (non-hydrogen) atoms. The van der Waals surface area contributed by atoms with Gasteiger partial charge >= 0.3 is 6.03 Å².